The summed E-state index contributed by atoms with van der Waals surface area (Å²) >= 11 is 0. The van der Waals surface area contributed by atoms with Gasteiger partial charge in [-0.25, -0.2) is 9.59 Å². The van der Waals surface area contributed by atoms with E-state index in [-0.39, 0.29) is 23.4 Å². The Morgan fingerprint density at radius 3 is 2.44 bits per heavy atom. The largest absolute Gasteiger partial charge is 0.478 e. The molecule has 0 aromatic heterocycles. The maximum absolute atomic E-state index is 12.3. The lowest BCUT2D eigenvalue weighted by molar-refractivity contribution is -0.126. The van der Waals surface area contributed by atoms with Gasteiger partial charge in [-0.15, -0.1) is 0 Å². The number of carboxylic acids is 1. The number of benzene rings is 1. The summed E-state index contributed by atoms with van der Waals surface area (Å²) in [5.41, 5.74) is 0.981. The highest BCUT2D eigenvalue weighted by Gasteiger charge is 2.27. The first-order chi connectivity index (χ1) is 11.9. The van der Waals surface area contributed by atoms with Gasteiger partial charge in [-0.3, -0.25) is 4.79 Å². The molecular weight excluding hydrogens is 322 g/mol. The summed E-state index contributed by atoms with van der Waals surface area (Å²) in [7, 11) is 3.44. The second kappa shape index (κ2) is 8.50. The van der Waals surface area contributed by atoms with Crippen LogP contribution in [0.5, 0.6) is 0 Å². The van der Waals surface area contributed by atoms with Gasteiger partial charge in [0.15, 0.2) is 0 Å². The molecule has 0 spiro atoms. The van der Waals surface area contributed by atoms with Gasteiger partial charge in [0, 0.05) is 39.6 Å². The summed E-state index contributed by atoms with van der Waals surface area (Å²) in [5.74, 6) is -1.08. The van der Waals surface area contributed by atoms with Crippen molar-refractivity contribution in [2.75, 3.05) is 33.7 Å². The molecular formula is C18H25N3O4. The Hall–Kier alpha value is -2.57. The molecule has 0 bridgehead atoms. The molecule has 1 aliphatic heterocycles. The van der Waals surface area contributed by atoms with Gasteiger partial charge in [0.25, 0.3) is 0 Å². The molecule has 1 aromatic rings. The zero-order chi connectivity index (χ0) is 18.4. The minimum Gasteiger partial charge on any atom is -0.478 e. The Morgan fingerprint density at radius 2 is 1.84 bits per heavy atom. The van der Waals surface area contributed by atoms with Crippen molar-refractivity contribution in [2.24, 2.45) is 5.92 Å². The first-order valence-electron chi connectivity index (χ1n) is 8.45. The van der Waals surface area contributed by atoms with Crippen molar-refractivity contribution in [3.63, 3.8) is 0 Å². The van der Waals surface area contributed by atoms with E-state index < -0.39 is 5.97 Å². The standard InChI is InChI=1S/C18H25N3O4/c1-20(2)18(25)21-11-8-14(9-12-21)16(22)19-10-7-13-5-3-4-6-15(13)17(23)24/h3-6,14H,7-12H2,1-2H3,(H,19,22)(H,23,24). The monoisotopic (exact) mass is 347 g/mol. The molecule has 2 rings (SSSR count). The van der Waals surface area contributed by atoms with E-state index >= 15 is 0 Å². The zero-order valence-corrected chi connectivity index (χ0v) is 14.7. The van der Waals surface area contributed by atoms with E-state index in [4.69, 9.17) is 5.11 Å². The minimum atomic E-state index is -0.958. The summed E-state index contributed by atoms with van der Waals surface area (Å²) in [6.07, 6.45) is 1.78. The second-order valence-electron chi connectivity index (χ2n) is 6.44. The predicted molar refractivity (Wildman–Crippen MR) is 93.5 cm³/mol. The number of hydrogen-bond acceptors (Lipinski definition) is 3. The van der Waals surface area contributed by atoms with Gasteiger partial charge >= 0.3 is 12.0 Å². The van der Waals surface area contributed by atoms with Crippen molar-refractivity contribution >= 4 is 17.9 Å². The fraction of sp³-hybridized carbons (Fsp3) is 0.500. The van der Waals surface area contributed by atoms with Gasteiger partial charge in [0.1, 0.15) is 0 Å². The van der Waals surface area contributed by atoms with Crippen molar-refractivity contribution in [1.29, 1.82) is 0 Å². The van der Waals surface area contributed by atoms with Crippen LogP contribution in [0.25, 0.3) is 0 Å². The van der Waals surface area contributed by atoms with Crippen molar-refractivity contribution in [3.05, 3.63) is 35.4 Å². The highest BCUT2D eigenvalue weighted by atomic mass is 16.4. The Balaban J connectivity index is 1.79. The highest BCUT2D eigenvalue weighted by molar-refractivity contribution is 5.89. The van der Waals surface area contributed by atoms with Crippen LogP contribution in [-0.2, 0) is 11.2 Å². The molecule has 7 nitrogen and oxygen atoms in total. The maximum atomic E-state index is 12.3. The Kier molecular flexibility index (Phi) is 6.38. The van der Waals surface area contributed by atoms with E-state index in [0.717, 1.165) is 0 Å². The molecule has 7 heteroatoms. The quantitative estimate of drug-likeness (QED) is 0.843. The highest BCUT2D eigenvalue weighted by Crippen LogP contribution is 2.18. The molecule has 136 valence electrons. The topological polar surface area (TPSA) is 90.0 Å². The predicted octanol–water partition coefficient (Wildman–Crippen LogP) is 1.44. The van der Waals surface area contributed by atoms with Crippen LogP contribution >= 0.6 is 0 Å². The van der Waals surface area contributed by atoms with Crippen LogP contribution in [0.1, 0.15) is 28.8 Å². The normalized spacial score (nSPS) is 14.9. The van der Waals surface area contributed by atoms with Crippen LogP contribution in [0.2, 0.25) is 0 Å². The smallest absolute Gasteiger partial charge is 0.335 e. The zero-order valence-electron chi connectivity index (χ0n) is 14.7. The molecule has 25 heavy (non-hydrogen) atoms. The summed E-state index contributed by atoms with van der Waals surface area (Å²) in [5, 5.41) is 12.1. The lowest BCUT2D eigenvalue weighted by Crippen LogP contribution is -2.46. The van der Waals surface area contributed by atoms with Crippen molar-refractivity contribution in [1.82, 2.24) is 15.1 Å². The first-order valence-corrected chi connectivity index (χ1v) is 8.45. The minimum absolute atomic E-state index is 0.0234. The Morgan fingerprint density at radius 1 is 1.20 bits per heavy atom. The molecule has 0 atom stereocenters. The third kappa shape index (κ3) is 4.95. The lowest BCUT2D eigenvalue weighted by Gasteiger charge is -2.33. The first kappa shape index (κ1) is 18.8. The van der Waals surface area contributed by atoms with Crippen LogP contribution in [0.4, 0.5) is 4.79 Å². The number of carbonyl (C=O) groups is 3. The molecule has 3 amide bonds. The number of likely N-dealkylation sites (tertiary alicyclic amines) is 1. The number of rotatable bonds is 5. The fourth-order valence-electron chi connectivity index (χ4n) is 3.03. The van der Waals surface area contributed by atoms with Crippen molar-refractivity contribution < 1.29 is 19.5 Å². The fourth-order valence-corrected chi connectivity index (χ4v) is 3.03. The number of amides is 3. The van der Waals surface area contributed by atoms with Crippen molar-refractivity contribution in [2.45, 2.75) is 19.3 Å². The molecule has 2 N–H and O–H groups in total. The van der Waals surface area contributed by atoms with E-state index in [1.807, 2.05) is 0 Å². The van der Waals surface area contributed by atoms with Crippen LogP contribution in [0.3, 0.4) is 0 Å². The Labute approximate surface area is 147 Å². The van der Waals surface area contributed by atoms with Crippen LogP contribution < -0.4 is 5.32 Å². The lowest BCUT2D eigenvalue weighted by atomic mass is 9.96. The molecule has 1 heterocycles. The van der Waals surface area contributed by atoms with Crippen molar-refractivity contribution in [3.8, 4) is 0 Å². The number of aromatic carboxylic acids is 1. The van der Waals surface area contributed by atoms with Gasteiger partial charge in [0.05, 0.1) is 5.56 Å². The molecule has 1 aromatic carbocycles. The molecule has 1 saturated heterocycles. The molecule has 0 aliphatic carbocycles. The van der Waals surface area contributed by atoms with Crippen LogP contribution in [-0.4, -0.2) is 66.5 Å². The summed E-state index contributed by atoms with van der Waals surface area (Å²) in [6.45, 7) is 1.56. The van der Waals surface area contributed by atoms with E-state index in [0.29, 0.717) is 44.5 Å². The number of piperidine rings is 1. The number of nitrogens with zero attached hydrogens (tertiary/aromatic N) is 2. The van der Waals surface area contributed by atoms with E-state index in [9.17, 15) is 14.4 Å². The van der Waals surface area contributed by atoms with E-state index in [2.05, 4.69) is 5.32 Å². The number of hydrogen-bond donors (Lipinski definition) is 2. The third-order valence-corrected chi connectivity index (χ3v) is 4.46. The molecule has 1 fully saturated rings. The average molecular weight is 347 g/mol. The van der Waals surface area contributed by atoms with E-state index in [1.54, 1.807) is 48.2 Å². The second-order valence-corrected chi connectivity index (χ2v) is 6.44. The molecule has 1 aliphatic rings. The van der Waals surface area contributed by atoms with Gasteiger partial charge < -0.3 is 20.2 Å². The maximum Gasteiger partial charge on any atom is 0.335 e. The third-order valence-electron chi connectivity index (χ3n) is 4.46. The van der Waals surface area contributed by atoms with Gasteiger partial charge in [-0.2, -0.15) is 0 Å². The Bertz CT molecular complexity index is 637. The number of carboxylic acid groups (broad SMARTS) is 1. The van der Waals surface area contributed by atoms with Gasteiger partial charge in [-0.1, -0.05) is 18.2 Å². The van der Waals surface area contributed by atoms with Gasteiger partial charge in [0.2, 0.25) is 5.91 Å². The SMILES string of the molecule is CN(C)C(=O)N1CCC(C(=O)NCCc2ccccc2C(=O)O)CC1. The summed E-state index contributed by atoms with van der Waals surface area (Å²) < 4.78 is 0. The summed E-state index contributed by atoms with van der Waals surface area (Å²) in [6, 6.07) is 6.79. The number of nitrogens with one attached hydrogen (secondary N) is 1. The number of urea groups is 1. The van der Waals surface area contributed by atoms with E-state index in [1.165, 1.54) is 0 Å². The van der Waals surface area contributed by atoms with Crippen LogP contribution in [0, 0.1) is 5.92 Å². The molecule has 0 unspecified atom stereocenters. The molecule has 0 radical (unpaired) electrons. The number of carbonyl (C=O) groups excluding carboxylic acids is 2. The summed E-state index contributed by atoms with van der Waals surface area (Å²) in [4.78, 5) is 38.6. The van der Waals surface area contributed by atoms with Gasteiger partial charge in [-0.05, 0) is 30.9 Å². The molecule has 0 saturated carbocycles. The average Bonchev–Trinajstić information content (AvgIpc) is 2.61. The van der Waals surface area contributed by atoms with Crippen LogP contribution in [0.15, 0.2) is 24.3 Å².